The number of hydrogen-bond acceptors (Lipinski definition) is 2. The molecule has 4 heteroatoms. The topological polar surface area (TPSA) is 34.9 Å². The van der Waals surface area contributed by atoms with Gasteiger partial charge in [-0.1, -0.05) is 32.4 Å². The van der Waals surface area contributed by atoms with Crippen LogP contribution in [0.5, 0.6) is 0 Å². The predicted octanol–water partition coefficient (Wildman–Crippen LogP) is 4.45. The summed E-state index contributed by atoms with van der Waals surface area (Å²) in [6, 6.07) is 7.59. The van der Waals surface area contributed by atoms with Gasteiger partial charge in [0.05, 0.1) is 16.3 Å². The minimum atomic E-state index is -0.230. The molecule has 3 nitrogen and oxygen atoms in total. The molecule has 20 heavy (non-hydrogen) atoms. The zero-order valence-electron chi connectivity index (χ0n) is 12.3. The Morgan fingerprint density at radius 1 is 1.30 bits per heavy atom. The quantitative estimate of drug-likeness (QED) is 0.763. The van der Waals surface area contributed by atoms with Crippen molar-refractivity contribution in [2.75, 3.05) is 0 Å². The first-order valence-corrected chi connectivity index (χ1v) is 7.69. The standard InChI is InChI=1S/C16H21ClN2O/c1-4-8-11(3)19-15(13(17)5-2)18-14-10-7-6-9-12(14)16(19)20/h6-7,9-11,13H,4-5,8H2,1-3H3. The van der Waals surface area contributed by atoms with E-state index in [1.54, 1.807) is 4.57 Å². The lowest BCUT2D eigenvalue weighted by Crippen LogP contribution is -2.28. The third-order valence-corrected chi connectivity index (χ3v) is 4.12. The van der Waals surface area contributed by atoms with Gasteiger partial charge < -0.3 is 0 Å². The van der Waals surface area contributed by atoms with E-state index in [0.29, 0.717) is 11.2 Å². The summed E-state index contributed by atoms with van der Waals surface area (Å²) in [4.78, 5) is 17.4. The van der Waals surface area contributed by atoms with Crippen LogP contribution in [0, 0.1) is 0 Å². The van der Waals surface area contributed by atoms with E-state index in [1.807, 2.05) is 31.2 Å². The zero-order chi connectivity index (χ0) is 14.7. The molecule has 1 aromatic heterocycles. The molecule has 0 aliphatic heterocycles. The molecule has 0 fully saturated rings. The van der Waals surface area contributed by atoms with E-state index in [-0.39, 0.29) is 17.0 Å². The molecule has 0 radical (unpaired) electrons. The minimum Gasteiger partial charge on any atom is -0.292 e. The summed E-state index contributed by atoms with van der Waals surface area (Å²) < 4.78 is 1.78. The summed E-state index contributed by atoms with van der Waals surface area (Å²) in [5.74, 6) is 0.693. The highest BCUT2D eigenvalue weighted by molar-refractivity contribution is 6.20. The van der Waals surface area contributed by atoms with Crippen LogP contribution in [-0.2, 0) is 0 Å². The Balaban J connectivity index is 2.73. The molecule has 2 atom stereocenters. The Labute approximate surface area is 124 Å². The summed E-state index contributed by atoms with van der Waals surface area (Å²) in [5, 5.41) is 0.436. The van der Waals surface area contributed by atoms with Crippen molar-refractivity contribution in [3.63, 3.8) is 0 Å². The van der Waals surface area contributed by atoms with Crippen molar-refractivity contribution in [3.05, 3.63) is 40.4 Å². The molecule has 0 bridgehead atoms. The third-order valence-electron chi connectivity index (χ3n) is 3.62. The van der Waals surface area contributed by atoms with Gasteiger partial charge in [-0.15, -0.1) is 11.6 Å². The van der Waals surface area contributed by atoms with Crippen LogP contribution in [0.4, 0.5) is 0 Å². The van der Waals surface area contributed by atoms with Gasteiger partial charge >= 0.3 is 0 Å². The van der Waals surface area contributed by atoms with Crippen molar-refractivity contribution in [2.45, 2.75) is 51.5 Å². The van der Waals surface area contributed by atoms with Crippen LogP contribution in [0.2, 0.25) is 0 Å². The Kier molecular flexibility index (Phi) is 4.81. The maximum absolute atomic E-state index is 12.8. The molecule has 2 aromatic rings. The van der Waals surface area contributed by atoms with E-state index in [2.05, 4.69) is 18.8 Å². The highest BCUT2D eigenvalue weighted by Gasteiger charge is 2.19. The molecule has 0 N–H and O–H groups in total. The number of nitrogens with zero attached hydrogens (tertiary/aromatic N) is 2. The van der Waals surface area contributed by atoms with Crippen molar-refractivity contribution in [1.82, 2.24) is 9.55 Å². The minimum absolute atomic E-state index is 0.0191. The highest BCUT2D eigenvalue weighted by Crippen LogP contribution is 2.26. The first-order valence-electron chi connectivity index (χ1n) is 7.25. The van der Waals surface area contributed by atoms with Crippen molar-refractivity contribution < 1.29 is 0 Å². The average molecular weight is 293 g/mol. The number of para-hydroxylation sites is 1. The fourth-order valence-electron chi connectivity index (χ4n) is 2.54. The van der Waals surface area contributed by atoms with Gasteiger partial charge in [0, 0.05) is 6.04 Å². The second kappa shape index (κ2) is 6.40. The average Bonchev–Trinajstić information content (AvgIpc) is 2.46. The molecular formula is C16H21ClN2O. The molecular weight excluding hydrogens is 272 g/mol. The molecule has 108 valence electrons. The van der Waals surface area contributed by atoms with Crippen molar-refractivity contribution in [2.24, 2.45) is 0 Å². The monoisotopic (exact) mass is 292 g/mol. The van der Waals surface area contributed by atoms with Crippen LogP contribution < -0.4 is 5.56 Å². The number of halogens is 1. The second-order valence-electron chi connectivity index (χ2n) is 5.18. The summed E-state index contributed by atoms with van der Waals surface area (Å²) in [5.41, 5.74) is 0.747. The summed E-state index contributed by atoms with van der Waals surface area (Å²) >= 11 is 6.39. The molecule has 2 rings (SSSR count). The van der Waals surface area contributed by atoms with Crippen LogP contribution in [0.1, 0.15) is 57.3 Å². The molecule has 1 heterocycles. The van der Waals surface area contributed by atoms with Crippen molar-refractivity contribution in [3.8, 4) is 0 Å². The van der Waals surface area contributed by atoms with Crippen LogP contribution in [0.15, 0.2) is 29.1 Å². The van der Waals surface area contributed by atoms with Gasteiger partial charge in [0.1, 0.15) is 5.82 Å². The Morgan fingerprint density at radius 2 is 2.00 bits per heavy atom. The summed E-state index contributed by atoms with van der Waals surface area (Å²) in [6.07, 6.45) is 2.73. The van der Waals surface area contributed by atoms with E-state index in [0.717, 1.165) is 24.8 Å². The molecule has 1 aromatic carbocycles. The molecule has 0 aliphatic rings. The number of hydrogen-bond donors (Lipinski definition) is 0. The summed E-state index contributed by atoms with van der Waals surface area (Å²) in [7, 11) is 0. The number of aromatic nitrogens is 2. The maximum atomic E-state index is 12.8. The zero-order valence-corrected chi connectivity index (χ0v) is 13.0. The maximum Gasteiger partial charge on any atom is 0.261 e. The highest BCUT2D eigenvalue weighted by atomic mass is 35.5. The SMILES string of the molecule is CCCC(C)n1c(C(Cl)CC)nc2ccccc2c1=O. The van der Waals surface area contributed by atoms with Crippen LogP contribution in [-0.4, -0.2) is 9.55 Å². The molecule has 0 amide bonds. The van der Waals surface area contributed by atoms with Gasteiger partial charge in [0.2, 0.25) is 0 Å². The lowest BCUT2D eigenvalue weighted by Gasteiger charge is -2.21. The predicted molar refractivity (Wildman–Crippen MR) is 84.5 cm³/mol. The molecule has 0 aliphatic carbocycles. The van der Waals surface area contributed by atoms with Gasteiger partial charge in [-0.25, -0.2) is 4.98 Å². The van der Waals surface area contributed by atoms with E-state index in [9.17, 15) is 4.79 Å². The Bertz CT molecular complexity index is 650. The molecule has 0 spiro atoms. The first kappa shape index (κ1) is 15.0. The lowest BCUT2D eigenvalue weighted by molar-refractivity contribution is 0.460. The number of rotatable bonds is 5. The van der Waals surface area contributed by atoms with Crippen LogP contribution in [0.3, 0.4) is 0 Å². The van der Waals surface area contributed by atoms with Gasteiger partial charge in [0.15, 0.2) is 0 Å². The molecule has 0 saturated carbocycles. The van der Waals surface area contributed by atoms with Gasteiger partial charge in [0.25, 0.3) is 5.56 Å². The van der Waals surface area contributed by atoms with E-state index in [1.165, 1.54) is 0 Å². The van der Waals surface area contributed by atoms with E-state index >= 15 is 0 Å². The van der Waals surface area contributed by atoms with Gasteiger partial charge in [-0.3, -0.25) is 9.36 Å². The second-order valence-corrected chi connectivity index (χ2v) is 5.70. The molecule has 0 saturated heterocycles. The smallest absolute Gasteiger partial charge is 0.261 e. The normalized spacial score (nSPS) is 14.4. The van der Waals surface area contributed by atoms with Gasteiger partial charge in [-0.2, -0.15) is 0 Å². The van der Waals surface area contributed by atoms with Crippen LogP contribution >= 0.6 is 11.6 Å². The van der Waals surface area contributed by atoms with Crippen molar-refractivity contribution >= 4 is 22.5 Å². The fourth-order valence-corrected chi connectivity index (χ4v) is 2.69. The first-order chi connectivity index (χ1) is 9.60. The third kappa shape index (κ3) is 2.73. The lowest BCUT2D eigenvalue weighted by atomic mass is 10.1. The Morgan fingerprint density at radius 3 is 2.65 bits per heavy atom. The van der Waals surface area contributed by atoms with E-state index < -0.39 is 0 Å². The van der Waals surface area contributed by atoms with Crippen LogP contribution in [0.25, 0.3) is 10.9 Å². The number of fused-ring (bicyclic) bond motifs is 1. The number of alkyl halides is 1. The van der Waals surface area contributed by atoms with Crippen molar-refractivity contribution in [1.29, 1.82) is 0 Å². The fraction of sp³-hybridized carbons (Fsp3) is 0.500. The summed E-state index contributed by atoms with van der Waals surface area (Å²) in [6.45, 7) is 6.19. The molecule has 2 unspecified atom stereocenters. The Hall–Kier alpha value is -1.35. The largest absolute Gasteiger partial charge is 0.292 e. The van der Waals surface area contributed by atoms with E-state index in [4.69, 9.17) is 11.6 Å². The van der Waals surface area contributed by atoms with Gasteiger partial charge in [-0.05, 0) is 31.9 Å². The number of benzene rings is 1.